The molecule has 0 heterocycles. The van der Waals surface area contributed by atoms with Gasteiger partial charge in [0.2, 0.25) is 0 Å². The normalized spacial score (nSPS) is 12.3. The van der Waals surface area contributed by atoms with Crippen LogP contribution < -0.4 is 10.1 Å². The topological polar surface area (TPSA) is 21.3 Å². The molecule has 2 aromatic carbocycles. The quantitative estimate of drug-likeness (QED) is 0.628. The van der Waals surface area contributed by atoms with E-state index in [1.165, 1.54) is 0 Å². The highest BCUT2D eigenvalue weighted by molar-refractivity contribution is 9.11. The summed E-state index contributed by atoms with van der Waals surface area (Å²) in [5.74, 6) is 0.563. The third-order valence-electron chi connectivity index (χ3n) is 3.14. The van der Waals surface area contributed by atoms with E-state index in [-0.39, 0.29) is 6.04 Å². The minimum atomic E-state index is -0.0900. The lowest BCUT2D eigenvalue weighted by Gasteiger charge is -2.21. The first-order valence-corrected chi connectivity index (χ1v) is 8.47. The molecule has 6 heteroatoms. The molecule has 0 bridgehead atoms. The summed E-state index contributed by atoms with van der Waals surface area (Å²) in [4.78, 5) is 0. The second kappa shape index (κ2) is 7.34. The monoisotopic (exact) mass is 451 g/mol. The Hall–Kier alpha value is -0.260. The molecule has 1 N–H and O–H groups in total. The van der Waals surface area contributed by atoms with Crippen molar-refractivity contribution in [1.82, 2.24) is 5.32 Å². The van der Waals surface area contributed by atoms with Crippen molar-refractivity contribution in [3.63, 3.8) is 0 Å². The van der Waals surface area contributed by atoms with E-state index in [1.54, 1.807) is 13.2 Å². The summed E-state index contributed by atoms with van der Waals surface area (Å²) in [7, 11) is 3.45. The van der Waals surface area contributed by atoms with E-state index in [0.29, 0.717) is 15.8 Å². The summed E-state index contributed by atoms with van der Waals surface area (Å²) in [6.45, 7) is 0. The van der Waals surface area contributed by atoms with Gasteiger partial charge >= 0.3 is 0 Å². The maximum absolute atomic E-state index is 6.39. The zero-order valence-electron chi connectivity index (χ0n) is 11.4. The summed E-state index contributed by atoms with van der Waals surface area (Å²) in [5, 5.41) is 4.40. The van der Waals surface area contributed by atoms with E-state index >= 15 is 0 Å². The maximum atomic E-state index is 6.39. The predicted octanol–water partition coefficient (Wildman–Crippen LogP) is 5.84. The number of hydrogen-bond acceptors (Lipinski definition) is 2. The molecule has 2 rings (SSSR count). The first kappa shape index (κ1) is 17.1. The largest absolute Gasteiger partial charge is 0.495 e. The summed E-state index contributed by atoms with van der Waals surface area (Å²) in [6.07, 6.45) is 0. The standard InChI is InChI=1S/C15H13Br2Cl2NO/c1-20-15(9-5-8(16)3-4-11(9)17)10-6-13(19)14(21-2)7-12(10)18/h3-7,15,20H,1-2H3. The van der Waals surface area contributed by atoms with Crippen molar-refractivity contribution in [3.05, 3.63) is 60.4 Å². The molecule has 0 aliphatic rings. The molecule has 0 aliphatic carbocycles. The molecule has 0 amide bonds. The van der Waals surface area contributed by atoms with E-state index < -0.39 is 0 Å². The SMILES string of the molecule is CNC(c1cc(Cl)c(OC)cc1Cl)c1cc(Br)ccc1Br. The number of methoxy groups -OCH3 is 1. The third kappa shape index (κ3) is 3.74. The van der Waals surface area contributed by atoms with Crippen LogP contribution in [0.25, 0.3) is 0 Å². The van der Waals surface area contributed by atoms with Crippen LogP contribution in [0.5, 0.6) is 5.75 Å². The lowest BCUT2D eigenvalue weighted by atomic mass is 9.98. The molecule has 0 spiro atoms. The van der Waals surface area contributed by atoms with Gasteiger partial charge in [-0.2, -0.15) is 0 Å². The average Bonchev–Trinajstić information content (AvgIpc) is 2.46. The molecule has 0 aliphatic heterocycles. The Balaban J connectivity index is 2.56. The molecule has 1 unspecified atom stereocenters. The van der Waals surface area contributed by atoms with Gasteiger partial charge in [0.1, 0.15) is 5.75 Å². The number of nitrogens with one attached hydrogen (secondary N) is 1. The highest BCUT2D eigenvalue weighted by Gasteiger charge is 2.20. The average molecular weight is 454 g/mol. The van der Waals surface area contributed by atoms with Crippen molar-refractivity contribution < 1.29 is 4.74 Å². The van der Waals surface area contributed by atoms with Gasteiger partial charge in [-0.1, -0.05) is 55.1 Å². The summed E-state index contributed by atoms with van der Waals surface area (Å²) < 4.78 is 7.18. The van der Waals surface area contributed by atoms with Crippen molar-refractivity contribution in [3.8, 4) is 5.75 Å². The smallest absolute Gasteiger partial charge is 0.138 e. The van der Waals surface area contributed by atoms with Crippen LogP contribution in [0.3, 0.4) is 0 Å². The van der Waals surface area contributed by atoms with Crippen LogP contribution >= 0.6 is 55.1 Å². The van der Waals surface area contributed by atoms with Crippen molar-refractivity contribution in [2.75, 3.05) is 14.2 Å². The number of hydrogen-bond donors (Lipinski definition) is 1. The van der Waals surface area contributed by atoms with Gasteiger partial charge < -0.3 is 10.1 Å². The van der Waals surface area contributed by atoms with Crippen molar-refractivity contribution in [1.29, 1.82) is 0 Å². The zero-order chi connectivity index (χ0) is 15.6. The van der Waals surface area contributed by atoms with Crippen LogP contribution in [0.2, 0.25) is 10.0 Å². The van der Waals surface area contributed by atoms with Crippen LogP contribution in [-0.2, 0) is 0 Å². The van der Waals surface area contributed by atoms with Gasteiger partial charge in [-0.05, 0) is 42.4 Å². The number of benzene rings is 2. The molecule has 0 radical (unpaired) electrons. The van der Waals surface area contributed by atoms with Gasteiger partial charge in [0, 0.05) is 20.0 Å². The Kier molecular flexibility index (Phi) is 5.97. The van der Waals surface area contributed by atoms with Gasteiger partial charge in [0.05, 0.1) is 18.2 Å². The second-order valence-electron chi connectivity index (χ2n) is 4.40. The third-order valence-corrected chi connectivity index (χ3v) is 4.98. The predicted molar refractivity (Wildman–Crippen MR) is 95.8 cm³/mol. The van der Waals surface area contributed by atoms with Crippen LogP contribution in [-0.4, -0.2) is 14.2 Å². The number of rotatable bonds is 4. The van der Waals surface area contributed by atoms with Gasteiger partial charge in [-0.15, -0.1) is 0 Å². The molecule has 0 fully saturated rings. The molecule has 0 saturated heterocycles. The first-order valence-electron chi connectivity index (χ1n) is 6.13. The van der Waals surface area contributed by atoms with Crippen molar-refractivity contribution in [2.24, 2.45) is 0 Å². The van der Waals surface area contributed by atoms with E-state index in [9.17, 15) is 0 Å². The Bertz CT molecular complexity index is 664. The van der Waals surface area contributed by atoms with Crippen LogP contribution in [0.15, 0.2) is 39.3 Å². The molecular weight excluding hydrogens is 441 g/mol. The Morgan fingerprint density at radius 2 is 1.76 bits per heavy atom. The van der Waals surface area contributed by atoms with E-state index in [1.807, 2.05) is 31.3 Å². The molecule has 112 valence electrons. The lowest BCUT2D eigenvalue weighted by molar-refractivity contribution is 0.415. The number of halogens is 4. The Labute approximate surface area is 151 Å². The lowest BCUT2D eigenvalue weighted by Crippen LogP contribution is -2.18. The van der Waals surface area contributed by atoms with Crippen LogP contribution in [0, 0.1) is 0 Å². The number of ether oxygens (including phenoxy) is 1. The fraction of sp³-hybridized carbons (Fsp3) is 0.200. The van der Waals surface area contributed by atoms with Crippen LogP contribution in [0.4, 0.5) is 0 Å². The molecule has 0 aromatic heterocycles. The second-order valence-corrected chi connectivity index (χ2v) is 6.98. The van der Waals surface area contributed by atoms with E-state index in [2.05, 4.69) is 37.2 Å². The fourth-order valence-corrected chi connectivity index (χ4v) is 3.50. The molecule has 2 nitrogen and oxygen atoms in total. The van der Waals surface area contributed by atoms with Crippen molar-refractivity contribution in [2.45, 2.75) is 6.04 Å². The molecule has 0 saturated carbocycles. The summed E-state index contributed by atoms with van der Waals surface area (Å²) >= 11 is 19.7. The maximum Gasteiger partial charge on any atom is 0.138 e. The minimum absolute atomic E-state index is 0.0900. The van der Waals surface area contributed by atoms with E-state index in [4.69, 9.17) is 27.9 Å². The highest BCUT2D eigenvalue weighted by Crippen LogP contribution is 2.38. The minimum Gasteiger partial charge on any atom is -0.495 e. The molecule has 1 atom stereocenters. The van der Waals surface area contributed by atoms with Gasteiger partial charge in [-0.3, -0.25) is 0 Å². The fourth-order valence-electron chi connectivity index (χ4n) is 2.14. The summed E-state index contributed by atoms with van der Waals surface area (Å²) in [6, 6.07) is 9.48. The molecular formula is C15H13Br2Cl2NO. The first-order chi connectivity index (χ1) is 9.97. The Morgan fingerprint density at radius 3 is 2.38 bits per heavy atom. The Morgan fingerprint density at radius 1 is 1.05 bits per heavy atom. The van der Waals surface area contributed by atoms with Gasteiger partial charge in [0.25, 0.3) is 0 Å². The van der Waals surface area contributed by atoms with Crippen LogP contribution in [0.1, 0.15) is 17.2 Å². The molecule has 2 aromatic rings. The highest BCUT2D eigenvalue weighted by atomic mass is 79.9. The van der Waals surface area contributed by atoms with E-state index in [0.717, 1.165) is 20.1 Å². The molecule has 21 heavy (non-hydrogen) atoms. The van der Waals surface area contributed by atoms with Gasteiger partial charge in [0.15, 0.2) is 0 Å². The zero-order valence-corrected chi connectivity index (χ0v) is 16.1. The summed E-state index contributed by atoms with van der Waals surface area (Å²) in [5.41, 5.74) is 1.96. The van der Waals surface area contributed by atoms with Crippen molar-refractivity contribution >= 4 is 55.1 Å². The van der Waals surface area contributed by atoms with Gasteiger partial charge in [-0.25, -0.2) is 0 Å².